The summed E-state index contributed by atoms with van der Waals surface area (Å²) in [5.41, 5.74) is 2.97. The quantitative estimate of drug-likeness (QED) is 0.187. The molecule has 0 saturated carbocycles. The molecule has 42 heavy (non-hydrogen) atoms. The van der Waals surface area contributed by atoms with Gasteiger partial charge in [-0.3, -0.25) is 14.2 Å². The van der Waals surface area contributed by atoms with Gasteiger partial charge in [0.25, 0.3) is 5.91 Å². The Hall–Kier alpha value is -4.51. The molecule has 0 aliphatic carbocycles. The van der Waals surface area contributed by atoms with Gasteiger partial charge in [-0.25, -0.2) is 0 Å². The molecule has 10 nitrogen and oxygen atoms in total. The normalized spacial score (nSPS) is 10.7. The summed E-state index contributed by atoms with van der Waals surface area (Å²) < 4.78 is 19.1. The molecule has 3 aromatic carbocycles. The van der Waals surface area contributed by atoms with E-state index >= 15 is 0 Å². The average Bonchev–Trinajstić information content (AvgIpc) is 3.39. The molecule has 0 aliphatic rings. The van der Waals surface area contributed by atoms with Gasteiger partial charge in [0.05, 0.1) is 32.1 Å². The maximum Gasteiger partial charge on any atom is 0.251 e. The molecule has 0 radical (unpaired) electrons. The Bertz CT molecular complexity index is 1480. The fourth-order valence-electron chi connectivity index (χ4n) is 4.18. The number of ether oxygens (including phenoxy) is 3. The average molecular weight is 590 g/mol. The van der Waals surface area contributed by atoms with Gasteiger partial charge < -0.3 is 24.8 Å². The van der Waals surface area contributed by atoms with E-state index in [9.17, 15) is 9.59 Å². The van der Waals surface area contributed by atoms with Crippen LogP contribution in [-0.4, -0.2) is 52.2 Å². The molecule has 11 heteroatoms. The lowest BCUT2D eigenvalue weighted by atomic mass is 10.1. The molecule has 220 valence electrons. The van der Waals surface area contributed by atoms with Gasteiger partial charge in [-0.2, -0.15) is 0 Å². The summed E-state index contributed by atoms with van der Waals surface area (Å²) in [7, 11) is 0. The predicted molar refractivity (Wildman–Crippen MR) is 163 cm³/mol. The second kappa shape index (κ2) is 14.9. The molecule has 0 bridgehead atoms. The number of carbonyl (C=O) groups is 2. The van der Waals surface area contributed by atoms with Gasteiger partial charge in [-0.05, 0) is 69.7 Å². The van der Waals surface area contributed by atoms with Crippen LogP contribution in [0, 0.1) is 6.92 Å². The van der Waals surface area contributed by atoms with E-state index in [2.05, 4.69) is 20.8 Å². The SMILES string of the molecule is CCOc1cc(C(=O)NCc2nnc(SCC(=O)Nc3cccc(C)c3)n2-c2ccccc2)cc(OCC)c1OCC. The van der Waals surface area contributed by atoms with Crippen molar-refractivity contribution < 1.29 is 23.8 Å². The number of hydrogen-bond donors (Lipinski definition) is 2. The molecular formula is C31H35N5O5S. The van der Waals surface area contributed by atoms with E-state index in [4.69, 9.17) is 14.2 Å². The number of hydrogen-bond acceptors (Lipinski definition) is 8. The number of anilines is 1. The number of nitrogens with zero attached hydrogens (tertiary/aromatic N) is 3. The molecular weight excluding hydrogens is 554 g/mol. The third-order valence-corrected chi connectivity index (χ3v) is 6.86. The van der Waals surface area contributed by atoms with Crippen molar-refractivity contribution in [3.63, 3.8) is 0 Å². The molecule has 1 aromatic heterocycles. The highest BCUT2D eigenvalue weighted by atomic mass is 32.2. The van der Waals surface area contributed by atoms with Crippen molar-refractivity contribution in [3.05, 3.63) is 83.7 Å². The predicted octanol–water partition coefficient (Wildman–Crippen LogP) is 5.43. The highest BCUT2D eigenvalue weighted by Crippen LogP contribution is 2.39. The Balaban J connectivity index is 1.52. The first-order valence-electron chi connectivity index (χ1n) is 13.8. The first kappa shape index (κ1) is 30.4. The molecule has 0 saturated heterocycles. The van der Waals surface area contributed by atoms with Crippen LogP contribution in [0.25, 0.3) is 5.69 Å². The van der Waals surface area contributed by atoms with Crippen LogP contribution in [0.3, 0.4) is 0 Å². The van der Waals surface area contributed by atoms with Crippen LogP contribution in [-0.2, 0) is 11.3 Å². The molecule has 0 atom stereocenters. The largest absolute Gasteiger partial charge is 0.490 e. The molecule has 1 heterocycles. The van der Waals surface area contributed by atoms with Crippen LogP contribution in [0.15, 0.2) is 71.9 Å². The Labute approximate surface area is 249 Å². The highest BCUT2D eigenvalue weighted by Gasteiger charge is 2.20. The molecule has 0 fully saturated rings. The van der Waals surface area contributed by atoms with Crippen LogP contribution in [0.2, 0.25) is 0 Å². The maximum absolute atomic E-state index is 13.3. The number of amides is 2. The number of aromatic nitrogens is 3. The van der Waals surface area contributed by atoms with Crippen molar-refractivity contribution >= 4 is 29.3 Å². The summed E-state index contributed by atoms with van der Waals surface area (Å²) in [6.45, 7) is 8.90. The molecule has 0 spiro atoms. The summed E-state index contributed by atoms with van der Waals surface area (Å²) in [6, 6.07) is 20.5. The minimum Gasteiger partial charge on any atom is -0.490 e. The fraction of sp³-hybridized carbons (Fsp3) is 0.290. The summed E-state index contributed by atoms with van der Waals surface area (Å²) >= 11 is 1.26. The van der Waals surface area contributed by atoms with Crippen LogP contribution in [0.1, 0.15) is 42.5 Å². The number of benzene rings is 3. The van der Waals surface area contributed by atoms with E-state index in [1.165, 1.54) is 11.8 Å². The van der Waals surface area contributed by atoms with Gasteiger partial charge in [0, 0.05) is 16.9 Å². The van der Waals surface area contributed by atoms with Crippen LogP contribution in [0.4, 0.5) is 5.69 Å². The Morgan fingerprint density at radius 3 is 2.19 bits per heavy atom. The molecule has 0 aliphatic heterocycles. The van der Waals surface area contributed by atoms with E-state index in [1.807, 2.05) is 86.9 Å². The zero-order valence-corrected chi connectivity index (χ0v) is 25.0. The molecule has 4 rings (SSSR count). The summed E-state index contributed by atoms with van der Waals surface area (Å²) in [5.74, 6) is 1.49. The van der Waals surface area contributed by atoms with Crippen molar-refractivity contribution in [2.24, 2.45) is 0 Å². The minimum absolute atomic E-state index is 0.0952. The fourth-order valence-corrected chi connectivity index (χ4v) is 4.95. The lowest BCUT2D eigenvalue weighted by Gasteiger charge is -2.17. The second-order valence-electron chi connectivity index (χ2n) is 9.06. The Morgan fingerprint density at radius 1 is 0.857 bits per heavy atom. The smallest absolute Gasteiger partial charge is 0.251 e. The minimum atomic E-state index is -0.339. The number of thioether (sulfide) groups is 1. The van der Waals surface area contributed by atoms with Crippen molar-refractivity contribution in [3.8, 4) is 22.9 Å². The van der Waals surface area contributed by atoms with Gasteiger partial charge in [-0.15, -0.1) is 10.2 Å². The number of nitrogens with one attached hydrogen (secondary N) is 2. The van der Waals surface area contributed by atoms with Crippen LogP contribution < -0.4 is 24.8 Å². The van der Waals surface area contributed by atoms with Gasteiger partial charge in [0.2, 0.25) is 11.7 Å². The van der Waals surface area contributed by atoms with E-state index in [0.717, 1.165) is 16.9 Å². The van der Waals surface area contributed by atoms with E-state index in [0.29, 0.717) is 53.6 Å². The van der Waals surface area contributed by atoms with Crippen molar-refractivity contribution in [1.82, 2.24) is 20.1 Å². The summed E-state index contributed by atoms with van der Waals surface area (Å²) in [4.78, 5) is 25.9. The zero-order valence-electron chi connectivity index (χ0n) is 24.2. The van der Waals surface area contributed by atoms with Gasteiger partial charge >= 0.3 is 0 Å². The lowest BCUT2D eigenvalue weighted by Crippen LogP contribution is -2.25. The lowest BCUT2D eigenvalue weighted by molar-refractivity contribution is -0.113. The molecule has 4 aromatic rings. The zero-order chi connectivity index (χ0) is 29.9. The number of carbonyl (C=O) groups excluding carboxylic acids is 2. The van der Waals surface area contributed by atoms with Gasteiger partial charge in [0.15, 0.2) is 22.5 Å². The van der Waals surface area contributed by atoms with E-state index < -0.39 is 0 Å². The first-order valence-corrected chi connectivity index (χ1v) is 14.8. The first-order chi connectivity index (χ1) is 20.4. The summed E-state index contributed by atoms with van der Waals surface area (Å²) in [5, 5.41) is 15.0. The molecule has 0 unspecified atom stereocenters. The number of rotatable bonds is 14. The van der Waals surface area contributed by atoms with Gasteiger partial charge in [0.1, 0.15) is 0 Å². The molecule has 2 amide bonds. The Kier molecular flexibility index (Phi) is 10.8. The highest BCUT2D eigenvalue weighted by molar-refractivity contribution is 7.99. The van der Waals surface area contributed by atoms with Crippen LogP contribution >= 0.6 is 11.8 Å². The van der Waals surface area contributed by atoms with Crippen LogP contribution in [0.5, 0.6) is 17.2 Å². The maximum atomic E-state index is 13.3. The van der Waals surface area contributed by atoms with Crippen molar-refractivity contribution in [2.45, 2.75) is 39.4 Å². The second-order valence-corrected chi connectivity index (χ2v) is 10.0. The topological polar surface area (TPSA) is 117 Å². The van der Waals surface area contributed by atoms with Crippen molar-refractivity contribution in [1.29, 1.82) is 0 Å². The Morgan fingerprint density at radius 2 is 1.55 bits per heavy atom. The number of para-hydroxylation sites is 1. The third kappa shape index (κ3) is 7.82. The monoisotopic (exact) mass is 589 g/mol. The van der Waals surface area contributed by atoms with E-state index in [1.54, 1.807) is 12.1 Å². The van der Waals surface area contributed by atoms with Crippen molar-refractivity contribution in [2.75, 3.05) is 30.9 Å². The summed E-state index contributed by atoms with van der Waals surface area (Å²) in [6.07, 6.45) is 0. The standard InChI is InChI=1S/C31H35N5O5S/c1-5-39-25-17-22(18-26(40-6-2)29(25)41-7-3)30(38)32-19-27-34-35-31(36(27)24-14-9-8-10-15-24)42-20-28(37)33-23-13-11-12-21(4)16-23/h8-18H,5-7,19-20H2,1-4H3,(H,32,38)(H,33,37). The third-order valence-electron chi connectivity index (χ3n) is 5.93. The van der Waals surface area contributed by atoms with E-state index in [-0.39, 0.29) is 24.1 Å². The molecule has 2 N–H and O–H groups in total. The van der Waals surface area contributed by atoms with Gasteiger partial charge in [-0.1, -0.05) is 42.1 Å². The number of aryl methyl sites for hydroxylation is 1.